The van der Waals surface area contributed by atoms with Crippen LogP contribution in [0, 0.1) is 24.7 Å². The molecule has 1 aliphatic carbocycles. The summed E-state index contributed by atoms with van der Waals surface area (Å²) in [6.45, 7) is 6.63. The minimum Gasteiger partial charge on any atom is -0.370 e. The molecule has 0 bridgehead atoms. The molecule has 2 fully saturated rings. The molecule has 25 heavy (non-hydrogen) atoms. The predicted octanol–water partition coefficient (Wildman–Crippen LogP) is 3.08. The van der Waals surface area contributed by atoms with Gasteiger partial charge in [-0.05, 0) is 55.7 Å². The van der Waals surface area contributed by atoms with E-state index in [0.29, 0.717) is 0 Å². The van der Waals surface area contributed by atoms with Gasteiger partial charge in [0.2, 0.25) is 0 Å². The predicted molar refractivity (Wildman–Crippen MR) is 100 cm³/mol. The van der Waals surface area contributed by atoms with Crippen molar-refractivity contribution in [3.05, 3.63) is 41.9 Å². The summed E-state index contributed by atoms with van der Waals surface area (Å²) >= 11 is 0. The van der Waals surface area contributed by atoms with E-state index in [2.05, 4.69) is 46.4 Å². The molecule has 1 N–H and O–H groups in total. The summed E-state index contributed by atoms with van der Waals surface area (Å²) in [7, 11) is 2.06. The lowest BCUT2D eigenvalue weighted by atomic mass is 9.74. The third-order valence-corrected chi connectivity index (χ3v) is 6.02. The molecule has 0 radical (unpaired) electrons. The highest BCUT2D eigenvalue weighted by molar-refractivity contribution is 5.33. The van der Waals surface area contributed by atoms with Crippen LogP contribution in [0.4, 0.5) is 5.82 Å². The zero-order chi connectivity index (χ0) is 17.2. The summed E-state index contributed by atoms with van der Waals surface area (Å²) in [4.78, 5) is 7.04. The fourth-order valence-electron chi connectivity index (χ4n) is 4.81. The minimum atomic E-state index is 0.763. The molecular weight excluding hydrogens is 310 g/mol. The van der Waals surface area contributed by atoms with Crippen LogP contribution in [0.2, 0.25) is 0 Å². The Kier molecular flexibility index (Phi) is 4.75. The van der Waals surface area contributed by atoms with Gasteiger partial charge >= 0.3 is 0 Å². The molecule has 0 spiro atoms. The Balaban J connectivity index is 1.37. The molecule has 0 unspecified atom stereocenters. The van der Waals surface area contributed by atoms with Crippen molar-refractivity contribution in [3.63, 3.8) is 0 Å². The van der Waals surface area contributed by atoms with Gasteiger partial charge in [-0.1, -0.05) is 12.5 Å². The highest BCUT2D eigenvalue weighted by Gasteiger charge is 2.40. The molecule has 0 aromatic carbocycles. The first kappa shape index (κ1) is 16.6. The van der Waals surface area contributed by atoms with E-state index in [-0.39, 0.29) is 0 Å². The molecule has 1 saturated carbocycles. The van der Waals surface area contributed by atoms with Gasteiger partial charge in [0.1, 0.15) is 5.82 Å². The Labute approximate surface area is 150 Å². The number of nitrogens with one attached hydrogen (secondary N) is 1. The van der Waals surface area contributed by atoms with Gasteiger partial charge in [-0.15, -0.1) is 0 Å². The van der Waals surface area contributed by atoms with Crippen LogP contribution in [0.1, 0.15) is 30.7 Å². The third kappa shape index (κ3) is 3.71. The first-order valence-electron chi connectivity index (χ1n) is 9.56. The molecule has 134 valence electrons. The number of likely N-dealkylation sites (tertiary alicyclic amines) is 1. The maximum absolute atomic E-state index is 4.49. The molecule has 5 heteroatoms. The second-order valence-corrected chi connectivity index (χ2v) is 7.81. The lowest BCUT2D eigenvalue weighted by molar-refractivity contribution is 0.207. The van der Waals surface area contributed by atoms with Crippen molar-refractivity contribution >= 4 is 5.82 Å². The van der Waals surface area contributed by atoms with Gasteiger partial charge in [0.25, 0.3) is 0 Å². The summed E-state index contributed by atoms with van der Waals surface area (Å²) in [5.74, 6) is 3.45. The van der Waals surface area contributed by atoms with Gasteiger partial charge in [-0.25, -0.2) is 4.98 Å². The van der Waals surface area contributed by atoms with Crippen LogP contribution in [0.25, 0.3) is 0 Å². The van der Waals surface area contributed by atoms with Crippen molar-refractivity contribution in [2.75, 3.05) is 25.0 Å². The molecule has 0 amide bonds. The van der Waals surface area contributed by atoms with Crippen LogP contribution >= 0.6 is 0 Å². The first-order chi connectivity index (χ1) is 12.2. The summed E-state index contributed by atoms with van der Waals surface area (Å²) in [6.07, 6.45) is 5.97. The van der Waals surface area contributed by atoms with E-state index in [4.69, 9.17) is 0 Å². The standard InChI is InChI=1S/C20H29N5/c1-15-10-18(24(2)23-15)13-25-12-17-7-5-6-16(19(17)14-25)11-22-20-8-3-4-9-21-20/h3-4,8-10,16-17,19H,5-7,11-14H2,1-2H3,(H,21,22)/t16-,17+,19+/m0/s1. The number of hydrogen-bond acceptors (Lipinski definition) is 4. The van der Waals surface area contributed by atoms with Gasteiger partial charge in [-0.3, -0.25) is 9.58 Å². The Morgan fingerprint density at radius 1 is 1.24 bits per heavy atom. The van der Waals surface area contributed by atoms with Gasteiger partial charge in [-0.2, -0.15) is 5.10 Å². The Bertz CT molecular complexity index is 695. The maximum Gasteiger partial charge on any atom is 0.125 e. The molecule has 4 rings (SSSR count). The topological polar surface area (TPSA) is 46.0 Å². The monoisotopic (exact) mass is 339 g/mol. The normalized spacial score (nSPS) is 26.6. The molecule has 3 heterocycles. The fourth-order valence-corrected chi connectivity index (χ4v) is 4.81. The van der Waals surface area contributed by atoms with Gasteiger partial charge in [0.05, 0.1) is 11.4 Å². The van der Waals surface area contributed by atoms with E-state index in [1.807, 2.05) is 23.0 Å². The van der Waals surface area contributed by atoms with Crippen LogP contribution in [-0.2, 0) is 13.6 Å². The molecule has 5 nitrogen and oxygen atoms in total. The Morgan fingerprint density at radius 2 is 2.16 bits per heavy atom. The zero-order valence-electron chi connectivity index (χ0n) is 15.4. The smallest absolute Gasteiger partial charge is 0.125 e. The molecule has 2 aliphatic rings. The Morgan fingerprint density at radius 3 is 2.92 bits per heavy atom. The molecule has 3 atom stereocenters. The van der Waals surface area contributed by atoms with Gasteiger partial charge in [0, 0.05) is 39.4 Å². The summed E-state index contributed by atoms with van der Waals surface area (Å²) in [5.41, 5.74) is 2.45. The molecule has 1 aliphatic heterocycles. The largest absolute Gasteiger partial charge is 0.370 e. The lowest BCUT2D eigenvalue weighted by Gasteiger charge is -2.33. The fraction of sp³-hybridized carbons (Fsp3) is 0.600. The van der Waals surface area contributed by atoms with Crippen molar-refractivity contribution in [3.8, 4) is 0 Å². The number of aryl methyl sites for hydroxylation is 2. The van der Waals surface area contributed by atoms with Crippen LogP contribution in [0.15, 0.2) is 30.5 Å². The van der Waals surface area contributed by atoms with Crippen molar-refractivity contribution in [2.45, 2.75) is 32.7 Å². The molecular formula is C20H29N5. The van der Waals surface area contributed by atoms with E-state index < -0.39 is 0 Å². The van der Waals surface area contributed by atoms with E-state index in [1.54, 1.807) is 0 Å². The van der Waals surface area contributed by atoms with Crippen LogP contribution in [0.3, 0.4) is 0 Å². The summed E-state index contributed by atoms with van der Waals surface area (Å²) in [5, 5.41) is 8.06. The number of pyridine rings is 1. The number of hydrogen-bond donors (Lipinski definition) is 1. The number of fused-ring (bicyclic) bond motifs is 1. The third-order valence-electron chi connectivity index (χ3n) is 6.02. The number of aromatic nitrogens is 3. The zero-order valence-corrected chi connectivity index (χ0v) is 15.4. The number of nitrogens with zero attached hydrogens (tertiary/aromatic N) is 4. The lowest BCUT2D eigenvalue weighted by Crippen LogP contribution is -2.32. The van der Waals surface area contributed by atoms with Crippen molar-refractivity contribution in [2.24, 2.45) is 24.8 Å². The number of rotatable bonds is 5. The van der Waals surface area contributed by atoms with Crippen molar-refractivity contribution in [1.29, 1.82) is 0 Å². The highest BCUT2D eigenvalue weighted by Crippen LogP contribution is 2.40. The average molecular weight is 339 g/mol. The van der Waals surface area contributed by atoms with E-state index in [1.165, 1.54) is 38.0 Å². The average Bonchev–Trinajstić information content (AvgIpc) is 3.16. The van der Waals surface area contributed by atoms with E-state index >= 15 is 0 Å². The number of anilines is 1. The first-order valence-corrected chi connectivity index (χ1v) is 9.56. The van der Waals surface area contributed by atoms with E-state index in [0.717, 1.165) is 42.4 Å². The van der Waals surface area contributed by atoms with Gasteiger partial charge in [0.15, 0.2) is 0 Å². The highest BCUT2D eigenvalue weighted by atomic mass is 15.3. The maximum atomic E-state index is 4.49. The summed E-state index contributed by atoms with van der Waals surface area (Å²) < 4.78 is 2.04. The van der Waals surface area contributed by atoms with E-state index in [9.17, 15) is 0 Å². The molecule has 2 aromatic rings. The van der Waals surface area contributed by atoms with Crippen LogP contribution in [-0.4, -0.2) is 39.3 Å². The SMILES string of the molecule is Cc1cc(CN2C[C@H]3CCC[C@@H](CNc4ccccn4)[C@H]3C2)n(C)n1. The second-order valence-electron chi connectivity index (χ2n) is 7.81. The summed E-state index contributed by atoms with van der Waals surface area (Å²) in [6, 6.07) is 8.30. The molecule has 1 saturated heterocycles. The second kappa shape index (κ2) is 7.16. The van der Waals surface area contributed by atoms with Crippen LogP contribution < -0.4 is 5.32 Å². The van der Waals surface area contributed by atoms with Crippen molar-refractivity contribution in [1.82, 2.24) is 19.7 Å². The Hall–Kier alpha value is -1.88. The van der Waals surface area contributed by atoms with Crippen molar-refractivity contribution < 1.29 is 0 Å². The quantitative estimate of drug-likeness (QED) is 0.909. The van der Waals surface area contributed by atoms with Gasteiger partial charge < -0.3 is 5.32 Å². The van der Waals surface area contributed by atoms with Crippen LogP contribution in [0.5, 0.6) is 0 Å². The molecule has 2 aromatic heterocycles. The minimum absolute atomic E-state index is 0.763.